The molecule has 1 amide bonds. The molecule has 33 heavy (non-hydrogen) atoms. The number of anilines is 2. The van der Waals surface area contributed by atoms with Gasteiger partial charge in [0.2, 0.25) is 5.91 Å². The standard InChI is InChI=1S/C24H30N6O3/c1-12-25-11-20(33-3)22(26-12)28-21-15-6-4-13(8-19(15)29-30-21)17-10-24(17)16-9-14(32-2)5-7-18(16)27-23(24)31/h5,7,9,11,13,15,17,19,21,29-30H,4,6,8,10H2,1-3H3,(H,27,31)(H,25,26,28)/t13?,15?,17-,19?,21?,24-/m0/s1. The van der Waals surface area contributed by atoms with Crippen LogP contribution in [0.5, 0.6) is 11.5 Å². The van der Waals surface area contributed by atoms with Crippen molar-refractivity contribution >= 4 is 17.4 Å². The van der Waals surface area contributed by atoms with Gasteiger partial charge in [0.25, 0.3) is 0 Å². The molecule has 2 aromatic rings. The highest BCUT2D eigenvalue weighted by Crippen LogP contribution is 2.65. The van der Waals surface area contributed by atoms with Crippen LogP contribution in [0.1, 0.15) is 37.1 Å². The minimum Gasteiger partial charge on any atom is -0.497 e. The maximum Gasteiger partial charge on any atom is 0.235 e. The van der Waals surface area contributed by atoms with Gasteiger partial charge in [-0.2, -0.15) is 0 Å². The SMILES string of the molecule is COc1ccc2c(c1)[C@]1(C[C@H]1C1CCC3C(C1)NNC3Nc1nc(C)ncc1OC)C(=O)N2. The molecule has 174 valence electrons. The number of nitrogens with zero attached hydrogens (tertiary/aromatic N) is 2. The molecule has 3 fully saturated rings. The van der Waals surface area contributed by atoms with Crippen LogP contribution in [-0.4, -0.2) is 42.3 Å². The fourth-order valence-corrected chi connectivity index (χ4v) is 6.38. The lowest BCUT2D eigenvalue weighted by Gasteiger charge is -2.34. The molecular formula is C24H30N6O3. The Kier molecular flexibility index (Phi) is 4.74. The number of hydrogen-bond donors (Lipinski definition) is 4. The zero-order valence-electron chi connectivity index (χ0n) is 19.1. The quantitative estimate of drug-likeness (QED) is 0.550. The Bertz CT molecular complexity index is 1110. The third-order valence-electron chi connectivity index (χ3n) is 8.13. The molecule has 2 aliphatic carbocycles. The molecule has 3 heterocycles. The molecule has 1 spiro atoms. The second kappa shape index (κ2) is 7.56. The van der Waals surface area contributed by atoms with E-state index in [0.717, 1.165) is 42.7 Å². The van der Waals surface area contributed by atoms with E-state index in [0.29, 0.717) is 41.2 Å². The zero-order chi connectivity index (χ0) is 22.7. The molecule has 6 rings (SSSR count). The van der Waals surface area contributed by atoms with Gasteiger partial charge in [0.1, 0.15) is 11.6 Å². The van der Waals surface area contributed by atoms with Crippen LogP contribution >= 0.6 is 0 Å². The number of amides is 1. The number of ether oxygens (including phenoxy) is 2. The Hall–Kier alpha value is -2.91. The van der Waals surface area contributed by atoms with Crippen molar-refractivity contribution in [2.45, 2.75) is 50.2 Å². The molecule has 1 aromatic carbocycles. The van der Waals surface area contributed by atoms with Gasteiger partial charge >= 0.3 is 0 Å². The van der Waals surface area contributed by atoms with Crippen LogP contribution in [0.4, 0.5) is 11.5 Å². The summed E-state index contributed by atoms with van der Waals surface area (Å²) in [5.41, 5.74) is 8.61. The minimum absolute atomic E-state index is 0.0621. The van der Waals surface area contributed by atoms with E-state index in [9.17, 15) is 4.79 Å². The van der Waals surface area contributed by atoms with E-state index in [1.807, 2.05) is 25.1 Å². The Morgan fingerprint density at radius 2 is 2.06 bits per heavy atom. The summed E-state index contributed by atoms with van der Waals surface area (Å²) < 4.78 is 10.9. The second-order valence-corrected chi connectivity index (χ2v) is 9.74. The first-order valence-corrected chi connectivity index (χ1v) is 11.7. The third-order valence-corrected chi connectivity index (χ3v) is 8.13. The van der Waals surface area contributed by atoms with Crippen molar-refractivity contribution < 1.29 is 14.3 Å². The second-order valence-electron chi connectivity index (χ2n) is 9.74. The summed E-state index contributed by atoms with van der Waals surface area (Å²) in [6.07, 6.45) is 5.93. The first-order chi connectivity index (χ1) is 16.0. The van der Waals surface area contributed by atoms with Crippen molar-refractivity contribution in [2.24, 2.45) is 17.8 Å². The van der Waals surface area contributed by atoms with Gasteiger partial charge in [0.15, 0.2) is 11.6 Å². The number of carbonyl (C=O) groups excluding carboxylic acids is 1. The number of benzene rings is 1. The number of aryl methyl sites for hydroxylation is 1. The van der Waals surface area contributed by atoms with Gasteiger partial charge in [-0.3, -0.25) is 10.2 Å². The number of fused-ring (bicyclic) bond motifs is 3. The van der Waals surface area contributed by atoms with E-state index < -0.39 is 0 Å². The maximum atomic E-state index is 13.0. The molecule has 9 heteroatoms. The first kappa shape index (κ1) is 20.7. The zero-order valence-corrected chi connectivity index (χ0v) is 19.1. The summed E-state index contributed by atoms with van der Waals surface area (Å²) in [5, 5.41) is 6.62. The monoisotopic (exact) mass is 450 g/mol. The summed E-state index contributed by atoms with van der Waals surface area (Å²) in [5.74, 6) is 4.34. The number of aromatic nitrogens is 2. The summed E-state index contributed by atoms with van der Waals surface area (Å²) in [6, 6.07) is 6.28. The Morgan fingerprint density at radius 1 is 1.18 bits per heavy atom. The topological polar surface area (TPSA) is 109 Å². The van der Waals surface area contributed by atoms with E-state index in [4.69, 9.17) is 9.47 Å². The molecule has 4 aliphatic rings. The number of hydrazine groups is 1. The van der Waals surface area contributed by atoms with Gasteiger partial charge in [-0.1, -0.05) is 0 Å². The number of rotatable bonds is 5. The summed E-state index contributed by atoms with van der Waals surface area (Å²) >= 11 is 0. The Balaban J connectivity index is 1.16. The maximum absolute atomic E-state index is 13.0. The smallest absolute Gasteiger partial charge is 0.235 e. The van der Waals surface area contributed by atoms with Crippen LogP contribution in [0.3, 0.4) is 0 Å². The van der Waals surface area contributed by atoms with Crippen LogP contribution in [0.25, 0.3) is 0 Å². The van der Waals surface area contributed by atoms with Gasteiger partial charge < -0.3 is 20.1 Å². The first-order valence-electron chi connectivity index (χ1n) is 11.7. The third kappa shape index (κ3) is 3.17. The summed E-state index contributed by atoms with van der Waals surface area (Å²) in [6.45, 7) is 1.87. The molecular weight excluding hydrogens is 420 g/mol. The van der Waals surface area contributed by atoms with E-state index >= 15 is 0 Å². The number of carbonyl (C=O) groups is 1. The van der Waals surface area contributed by atoms with E-state index in [-0.39, 0.29) is 17.5 Å². The van der Waals surface area contributed by atoms with Crippen LogP contribution in [0, 0.1) is 24.7 Å². The van der Waals surface area contributed by atoms with Crippen molar-refractivity contribution in [2.75, 3.05) is 24.9 Å². The van der Waals surface area contributed by atoms with Gasteiger partial charge in [-0.25, -0.2) is 15.4 Å². The van der Waals surface area contributed by atoms with Crippen molar-refractivity contribution in [1.29, 1.82) is 0 Å². The average molecular weight is 451 g/mol. The van der Waals surface area contributed by atoms with Crippen LogP contribution in [0.2, 0.25) is 0 Å². The summed E-state index contributed by atoms with van der Waals surface area (Å²) in [4.78, 5) is 21.8. The van der Waals surface area contributed by atoms with Crippen molar-refractivity contribution in [3.63, 3.8) is 0 Å². The highest BCUT2D eigenvalue weighted by molar-refractivity contribution is 6.09. The van der Waals surface area contributed by atoms with Crippen molar-refractivity contribution in [3.8, 4) is 11.5 Å². The Labute approximate surface area is 193 Å². The lowest BCUT2D eigenvalue weighted by Crippen LogP contribution is -2.39. The molecule has 2 saturated carbocycles. The number of hydrogen-bond acceptors (Lipinski definition) is 8. The normalized spacial score (nSPS) is 33.9. The molecule has 4 N–H and O–H groups in total. The lowest BCUT2D eigenvalue weighted by molar-refractivity contribution is -0.118. The van der Waals surface area contributed by atoms with Crippen LogP contribution in [0.15, 0.2) is 24.4 Å². The fourth-order valence-electron chi connectivity index (χ4n) is 6.38. The molecule has 1 aromatic heterocycles. The lowest BCUT2D eigenvalue weighted by atomic mass is 9.74. The van der Waals surface area contributed by atoms with Gasteiger partial charge in [0.05, 0.1) is 32.0 Å². The van der Waals surface area contributed by atoms with Crippen LogP contribution in [-0.2, 0) is 10.2 Å². The number of nitrogens with one attached hydrogen (secondary N) is 4. The molecule has 4 unspecified atom stereocenters. The van der Waals surface area contributed by atoms with E-state index in [1.165, 1.54) is 0 Å². The fraction of sp³-hybridized carbons (Fsp3) is 0.542. The van der Waals surface area contributed by atoms with Crippen LogP contribution < -0.4 is 31.0 Å². The number of methoxy groups -OCH3 is 2. The van der Waals surface area contributed by atoms with Gasteiger partial charge in [0, 0.05) is 17.6 Å². The van der Waals surface area contributed by atoms with Gasteiger partial charge in [-0.05, 0) is 68.2 Å². The molecule has 0 bridgehead atoms. The molecule has 6 atom stereocenters. The molecule has 0 radical (unpaired) electrons. The van der Waals surface area contributed by atoms with E-state index in [1.54, 1.807) is 20.4 Å². The predicted molar refractivity (Wildman–Crippen MR) is 123 cm³/mol. The predicted octanol–water partition coefficient (Wildman–Crippen LogP) is 2.34. The minimum atomic E-state index is -0.378. The Morgan fingerprint density at radius 3 is 2.88 bits per heavy atom. The molecule has 1 saturated heterocycles. The highest BCUT2D eigenvalue weighted by atomic mass is 16.5. The van der Waals surface area contributed by atoms with Crippen molar-refractivity contribution in [1.82, 2.24) is 20.8 Å². The largest absolute Gasteiger partial charge is 0.497 e. The molecule has 9 nitrogen and oxygen atoms in total. The van der Waals surface area contributed by atoms with Gasteiger partial charge in [-0.15, -0.1) is 0 Å². The van der Waals surface area contributed by atoms with Crippen molar-refractivity contribution in [3.05, 3.63) is 35.8 Å². The molecule has 2 aliphatic heterocycles. The highest BCUT2D eigenvalue weighted by Gasteiger charge is 2.67. The average Bonchev–Trinajstić information content (AvgIpc) is 3.38. The summed E-state index contributed by atoms with van der Waals surface area (Å²) in [7, 11) is 3.30. The van der Waals surface area contributed by atoms with E-state index in [2.05, 4.69) is 31.5 Å².